The number of nitrogens with one attached hydrogen (secondary N) is 3. The van der Waals surface area contributed by atoms with E-state index < -0.39 is 10.0 Å². The van der Waals surface area contributed by atoms with Crippen LogP contribution in [0.4, 0.5) is 5.69 Å². The van der Waals surface area contributed by atoms with Crippen molar-refractivity contribution >= 4 is 21.7 Å². The number of nitrogens with zero attached hydrogens (tertiary/aromatic N) is 2. The van der Waals surface area contributed by atoms with Crippen LogP contribution in [-0.4, -0.2) is 66.5 Å². The van der Waals surface area contributed by atoms with Crippen LogP contribution in [0.3, 0.4) is 0 Å². The van der Waals surface area contributed by atoms with E-state index in [0.29, 0.717) is 19.0 Å². The van der Waals surface area contributed by atoms with E-state index in [0.717, 1.165) is 30.9 Å². The smallest absolute Gasteiger partial charge is 0.211 e. The molecular formula is C17H29N5O3S. The number of ether oxygens (including phenoxy) is 1. The van der Waals surface area contributed by atoms with Crippen molar-refractivity contribution in [3.8, 4) is 5.75 Å². The predicted octanol–water partition coefficient (Wildman–Crippen LogP) is 0.378. The molecule has 0 aromatic heterocycles. The van der Waals surface area contributed by atoms with Gasteiger partial charge in [0.25, 0.3) is 0 Å². The molecule has 1 aromatic carbocycles. The zero-order valence-corrected chi connectivity index (χ0v) is 16.5. The number of aliphatic imine (C=N–C) groups is 1. The molecule has 0 radical (unpaired) electrons. The minimum Gasteiger partial charge on any atom is -0.495 e. The number of methoxy groups -OCH3 is 1. The molecule has 1 fully saturated rings. The van der Waals surface area contributed by atoms with E-state index >= 15 is 0 Å². The zero-order valence-electron chi connectivity index (χ0n) is 15.7. The number of para-hydroxylation sites is 2. The van der Waals surface area contributed by atoms with E-state index in [4.69, 9.17) is 4.74 Å². The molecule has 1 aliphatic rings. The fourth-order valence-electron chi connectivity index (χ4n) is 2.87. The van der Waals surface area contributed by atoms with E-state index in [9.17, 15) is 8.42 Å². The Labute approximate surface area is 156 Å². The summed E-state index contributed by atoms with van der Waals surface area (Å²) < 4.78 is 30.8. The van der Waals surface area contributed by atoms with Crippen LogP contribution in [0.5, 0.6) is 5.75 Å². The summed E-state index contributed by atoms with van der Waals surface area (Å²) in [6.07, 6.45) is 0.987. The topological polar surface area (TPSA) is 95.1 Å². The SMILES string of the molecule is CCS(=O)(=O)NCCNC(=NC)NC1CCN(c2ccccc2OC)C1. The fraction of sp³-hybridized carbons (Fsp3) is 0.588. The molecule has 1 atom stereocenters. The minimum absolute atomic E-state index is 0.0842. The number of guanidine groups is 1. The van der Waals surface area contributed by atoms with Crippen molar-refractivity contribution in [1.82, 2.24) is 15.4 Å². The van der Waals surface area contributed by atoms with E-state index in [2.05, 4.69) is 31.3 Å². The maximum Gasteiger partial charge on any atom is 0.211 e. The van der Waals surface area contributed by atoms with Gasteiger partial charge >= 0.3 is 0 Å². The van der Waals surface area contributed by atoms with E-state index in [-0.39, 0.29) is 11.8 Å². The number of rotatable bonds is 8. The molecule has 0 amide bonds. The van der Waals surface area contributed by atoms with Crippen molar-refractivity contribution in [2.75, 3.05) is 51.0 Å². The number of benzene rings is 1. The summed E-state index contributed by atoms with van der Waals surface area (Å²) in [6.45, 7) is 4.20. The zero-order chi connectivity index (χ0) is 19.0. The summed E-state index contributed by atoms with van der Waals surface area (Å²) in [5.41, 5.74) is 1.09. The highest BCUT2D eigenvalue weighted by Gasteiger charge is 2.25. The van der Waals surface area contributed by atoms with Gasteiger partial charge in [0.05, 0.1) is 18.6 Å². The van der Waals surface area contributed by atoms with Crippen LogP contribution in [0, 0.1) is 0 Å². The van der Waals surface area contributed by atoms with Gasteiger partial charge in [-0.15, -0.1) is 0 Å². The molecule has 1 saturated heterocycles. The van der Waals surface area contributed by atoms with Gasteiger partial charge in [-0.3, -0.25) is 4.99 Å². The van der Waals surface area contributed by atoms with E-state index in [1.807, 2.05) is 18.2 Å². The second-order valence-corrected chi connectivity index (χ2v) is 8.14. The van der Waals surface area contributed by atoms with Crippen molar-refractivity contribution in [3.63, 3.8) is 0 Å². The highest BCUT2D eigenvalue weighted by atomic mass is 32.2. The average molecular weight is 384 g/mol. The number of hydrogen-bond donors (Lipinski definition) is 3. The molecule has 0 aliphatic carbocycles. The molecule has 1 unspecified atom stereocenters. The molecule has 1 aromatic rings. The van der Waals surface area contributed by atoms with Crippen molar-refractivity contribution < 1.29 is 13.2 Å². The molecule has 0 saturated carbocycles. The van der Waals surface area contributed by atoms with Gasteiger partial charge in [-0.05, 0) is 25.5 Å². The van der Waals surface area contributed by atoms with E-state index in [1.54, 1.807) is 21.1 Å². The van der Waals surface area contributed by atoms with Gasteiger partial charge in [-0.2, -0.15) is 0 Å². The summed E-state index contributed by atoms with van der Waals surface area (Å²) >= 11 is 0. The Morgan fingerprint density at radius 2 is 2.12 bits per heavy atom. The maximum absolute atomic E-state index is 11.4. The van der Waals surface area contributed by atoms with Crippen molar-refractivity contribution in [2.24, 2.45) is 4.99 Å². The molecule has 146 valence electrons. The van der Waals surface area contributed by atoms with Crippen molar-refractivity contribution in [1.29, 1.82) is 0 Å². The summed E-state index contributed by atoms with van der Waals surface area (Å²) in [7, 11) is 0.231. The van der Waals surface area contributed by atoms with Gasteiger partial charge in [-0.1, -0.05) is 12.1 Å². The lowest BCUT2D eigenvalue weighted by molar-refractivity contribution is 0.415. The Morgan fingerprint density at radius 3 is 2.81 bits per heavy atom. The first kappa shape index (κ1) is 20.3. The first-order valence-electron chi connectivity index (χ1n) is 8.81. The molecule has 1 heterocycles. The van der Waals surface area contributed by atoms with Gasteiger partial charge in [0, 0.05) is 39.3 Å². The normalized spacial score (nSPS) is 18.0. The van der Waals surface area contributed by atoms with Gasteiger partial charge in [0.2, 0.25) is 10.0 Å². The Morgan fingerprint density at radius 1 is 1.35 bits per heavy atom. The standard InChI is InChI=1S/C17H29N5O3S/c1-4-26(23,24)20-11-10-19-17(18-2)21-14-9-12-22(13-14)15-7-5-6-8-16(15)25-3/h5-8,14,20H,4,9-13H2,1-3H3,(H2,18,19,21). The molecular weight excluding hydrogens is 354 g/mol. The Hall–Kier alpha value is -2.00. The molecule has 3 N–H and O–H groups in total. The molecule has 2 rings (SSSR count). The monoisotopic (exact) mass is 383 g/mol. The second kappa shape index (κ2) is 9.63. The Kier molecular flexibility index (Phi) is 7.52. The molecule has 8 nitrogen and oxygen atoms in total. The predicted molar refractivity (Wildman–Crippen MR) is 106 cm³/mol. The van der Waals surface area contributed by atoms with Crippen molar-refractivity contribution in [3.05, 3.63) is 24.3 Å². The Balaban J connectivity index is 1.81. The van der Waals surface area contributed by atoms with Crippen LogP contribution in [0.25, 0.3) is 0 Å². The maximum atomic E-state index is 11.4. The van der Waals surface area contributed by atoms with Crippen LogP contribution >= 0.6 is 0 Å². The second-order valence-electron chi connectivity index (χ2n) is 6.04. The van der Waals surface area contributed by atoms with Crippen LogP contribution in [0.1, 0.15) is 13.3 Å². The third-order valence-corrected chi connectivity index (χ3v) is 5.70. The first-order chi connectivity index (χ1) is 12.5. The molecule has 9 heteroatoms. The lowest BCUT2D eigenvalue weighted by Crippen LogP contribution is -2.46. The summed E-state index contributed by atoms with van der Waals surface area (Å²) in [5.74, 6) is 1.63. The van der Waals surface area contributed by atoms with Crippen LogP contribution in [0.15, 0.2) is 29.3 Å². The van der Waals surface area contributed by atoms with Crippen molar-refractivity contribution in [2.45, 2.75) is 19.4 Å². The molecule has 1 aliphatic heterocycles. The number of anilines is 1. The highest BCUT2D eigenvalue weighted by Crippen LogP contribution is 2.30. The molecule has 0 bridgehead atoms. The lowest BCUT2D eigenvalue weighted by atomic mass is 10.2. The quantitative estimate of drug-likeness (QED) is 0.341. The van der Waals surface area contributed by atoms with Gasteiger partial charge in [0.15, 0.2) is 5.96 Å². The highest BCUT2D eigenvalue weighted by molar-refractivity contribution is 7.89. The van der Waals surface area contributed by atoms with E-state index in [1.165, 1.54) is 0 Å². The molecule has 26 heavy (non-hydrogen) atoms. The lowest BCUT2D eigenvalue weighted by Gasteiger charge is -2.22. The molecule has 0 spiro atoms. The number of sulfonamides is 1. The third-order valence-electron chi connectivity index (χ3n) is 4.30. The van der Waals surface area contributed by atoms with Crippen LogP contribution in [-0.2, 0) is 10.0 Å². The van der Waals surface area contributed by atoms with Gasteiger partial charge < -0.3 is 20.3 Å². The minimum atomic E-state index is -3.16. The van der Waals surface area contributed by atoms with Crippen LogP contribution < -0.4 is 25.0 Å². The summed E-state index contributed by atoms with van der Waals surface area (Å²) in [6, 6.07) is 8.27. The fourth-order valence-corrected chi connectivity index (χ4v) is 3.48. The van der Waals surface area contributed by atoms with Crippen LogP contribution in [0.2, 0.25) is 0 Å². The third kappa shape index (κ3) is 5.77. The first-order valence-corrected chi connectivity index (χ1v) is 10.5. The van der Waals surface area contributed by atoms with Gasteiger partial charge in [-0.25, -0.2) is 13.1 Å². The largest absolute Gasteiger partial charge is 0.495 e. The number of hydrogen-bond acceptors (Lipinski definition) is 5. The summed E-state index contributed by atoms with van der Waals surface area (Å²) in [4.78, 5) is 6.50. The summed E-state index contributed by atoms with van der Waals surface area (Å²) in [5, 5.41) is 6.53. The average Bonchev–Trinajstić information content (AvgIpc) is 3.12. The Bertz CT molecular complexity index is 708. The van der Waals surface area contributed by atoms with Gasteiger partial charge in [0.1, 0.15) is 5.75 Å².